The monoisotopic (exact) mass is 370 g/mol. The normalized spacial score (nSPS) is 18.1. The predicted octanol–water partition coefficient (Wildman–Crippen LogP) is 5.32. The number of benzene rings is 1. The summed E-state index contributed by atoms with van der Waals surface area (Å²) in [4.78, 5) is 21.8. The summed E-state index contributed by atoms with van der Waals surface area (Å²) in [6, 6.07) is 10.2. The van der Waals surface area contributed by atoms with E-state index in [1.54, 1.807) is 22.7 Å². The zero-order valence-electron chi connectivity index (χ0n) is 14.8. The Hall–Kier alpha value is -1.72. The highest BCUT2D eigenvalue weighted by Crippen LogP contribution is 2.34. The maximum absolute atomic E-state index is 13.0. The highest BCUT2D eigenvalue weighted by atomic mass is 32.1. The highest BCUT2D eigenvalue weighted by molar-refractivity contribution is 7.18. The van der Waals surface area contributed by atoms with E-state index in [1.807, 2.05) is 30.1 Å². The summed E-state index contributed by atoms with van der Waals surface area (Å²) in [5.41, 5.74) is 2.39. The Morgan fingerprint density at radius 1 is 1.32 bits per heavy atom. The molecule has 25 heavy (non-hydrogen) atoms. The molecule has 3 nitrogen and oxygen atoms in total. The van der Waals surface area contributed by atoms with Crippen LogP contribution < -0.4 is 0 Å². The Morgan fingerprint density at radius 2 is 2.12 bits per heavy atom. The van der Waals surface area contributed by atoms with Crippen molar-refractivity contribution in [3.05, 3.63) is 50.7 Å². The number of carbonyl (C=O) groups is 1. The Labute approximate surface area is 156 Å². The van der Waals surface area contributed by atoms with Gasteiger partial charge in [0.1, 0.15) is 5.01 Å². The number of para-hydroxylation sites is 1. The molecule has 130 valence electrons. The van der Waals surface area contributed by atoms with Gasteiger partial charge in [0.05, 0.1) is 21.1 Å². The number of nitrogens with zero attached hydrogens (tertiary/aromatic N) is 2. The molecule has 2 heterocycles. The van der Waals surface area contributed by atoms with Crippen molar-refractivity contribution in [2.24, 2.45) is 5.92 Å². The number of aryl methyl sites for hydroxylation is 1. The molecule has 3 aromatic rings. The van der Waals surface area contributed by atoms with Crippen LogP contribution in [0, 0.1) is 5.92 Å². The Morgan fingerprint density at radius 3 is 2.92 bits per heavy atom. The molecule has 0 bridgehead atoms. The van der Waals surface area contributed by atoms with Crippen LogP contribution in [0.2, 0.25) is 0 Å². The minimum atomic E-state index is -0.0250. The van der Waals surface area contributed by atoms with Gasteiger partial charge < -0.3 is 4.90 Å². The predicted molar refractivity (Wildman–Crippen MR) is 106 cm³/mol. The smallest absolute Gasteiger partial charge is 0.264 e. The molecule has 1 aliphatic rings. The van der Waals surface area contributed by atoms with Crippen LogP contribution in [-0.4, -0.2) is 22.8 Å². The summed E-state index contributed by atoms with van der Waals surface area (Å²) < 4.78 is 1.17. The van der Waals surface area contributed by atoms with Crippen molar-refractivity contribution in [2.45, 2.75) is 39.2 Å². The van der Waals surface area contributed by atoms with E-state index in [-0.39, 0.29) is 11.9 Å². The van der Waals surface area contributed by atoms with Crippen molar-refractivity contribution in [3.8, 4) is 0 Å². The second-order valence-electron chi connectivity index (χ2n) is 7.02. The van der Waals surface area contributed by atoms with Crippen LogP contribution >= 0.6 is 22.7 Å². The Balaban J connectivity index is 1.57. The van der Waals surface area contributed by atoms with Gasteiger partial charge in [-0.1, -0.05) is 19.1 Å². The van der Waals surface area contributed by atoms with Gasteiger partial charge in [-0.05, 0) is 55.9 Å². The number of fused-ring (bicyclic) bond motifs is 2. The molecular formula is C20H22N2OS2. The van der Waals surface area contributed by atoms with Crippen LogP contribution in [0.25, 0.3) is 10.2 Å². The van der Waals surface area contributed by atoms with E-state index in [2.05, 4.69) is 26.0 Å². The molecule has 1 amide bonds. The Kier molecular flexibility index (Phi) is 4.38. The van der Waals surface area contributed by atoms with E-state index in [0.29, 0.717) is 0 Å². The number of amides is 1. The summed E-state index contributed by atoms with van der Waals surface area (Å²) >= 11 is 3.36. The van der Waals surface area contributed by atoms with E-state index in [9.17, 15) is 4.79 Å². The molecule has 0 radical (unpaired) electrons. The lowest BCUT2D eigenvalue weighted by Gasteiger charge is -2.22. The first kappa shape index (κ1) is 16.7. The van der Waals surface area contributed by atoms with Gasteiger partial charge in [0.2, 0.25) is 0 Å². The van der Waals surface area contributed by atoms with Crippen molar-refractivity contribution in [2.75, 3.05) is 7.05 Å². The second kappa shape index (κ2) is 6.54. The standard InChI is InChI=1S/C20H22N2OS2/c1-12-8-9-16-14(10-12)11-18(24-16)20(23)22(3)13(2)19-21-15-6-4-5-7-17(15)25-19/h4-7,11-13H,8-10H2,1-3H3/t12-,13-/m1/s1. The maximum atomic E-state index is 13.0. The van der Waals surface area contributed by atoms with Crippen LogP contribution in [0.15, 0.2) is 30.3 Å². The van der Waals surface area contributed by atoms with Crippen molar-refractivity contribution in [1.29, 1.82) is 0 Å². The number of carbonyl (C=O) groups excluding carboxylic acids is 1. The Bertz CT molecular complexity index is 894. The van der Waals surface area contributed by atoms with Gasteiger partial charge in [-0.3, -0.25) is 4.79 Å². The molecule has 0 spiro atoms. The second-order valence-corrected chi connectivity index (χ2v) is 9.22. The first-order valence-electron chi connectivity index (χ1n) is 8.77. The molecule has 0 saturated carbocycles. The summed E-state index contributed by atoms with van der Waals surface area (Å²) in [6.07, 6.45) is 3.46. The van der Waals surface area contributed by atoms with Gasteiger partial charge in [0, 0.05) is 11.9 Å². The minimum Gasteiger partial charge on any atom is -0.332 e. The van der Waals surface area contributed by atoms with E-state index in [0.717, 1.165) is 34.2 Å². The summed E-state index contributed by atoms with van der Waals surface area (Å²) in [7, 11) is 1.89. The SMILES string of the molecule is C[C@@H]1CCc2sc(C(=O)N(C)[C@H](C)c3nc4ccccc4s3)cc2C1. The number of thiazole rings is 1. The zero-order valence-corrected chi connectivity index (χ0v) is 16.4. The lowest BCUT2D eigenvalue weighted by atomic mass is 9.90. The fourth-order valence-corrected chi connectivity index (χ4v) is 5.65. The molecule has 0 aliphatic heterocycles. The van der Waals surface area contributed by atoms with Crippen LogP contribution in [0.5, 0.6) is 0 Å². The third-order valence-corrected chi connectivity index (χ3v) is 7.54. The number of hydrogen-bond acceptors (Lipinski definition) is 4. The van der Waals surface area contributed by atoms with Gasteiger partial charge >= 0.3 is 0 Å². The summed E-state index contributed by atoms with van der Waals surface area (Å²) in [5, 5.41) is 0.993. The van der Waals surface area contributed by atoms with Gasteiger partial charge in [-0.25, -0.2) is 4.98 Å². The van der Waals surface area contributed by atoms with E-state index >= 15 is 0 Å². The van der Waals surface area contributed by atoms with Gasteiger partial charge in [-0.2, -0.15) is 0 Å². The maximum Gasteiger partial charge on any atom is 0.264 e. The summed E-state index contributed by atoms with van der Waals surface area (Å²) in [6.45, 7) is 4.36. The molecule has 4 rings (SSSR count). The van der Waals surface area contributed by atoms with Crippen molar-refractivity contribution in [3.63, 3.8) is 0 Å². The van der Waals surface area contributed by atoms with Crippen LogP contribution in [0.1, 0.15) is 51.4 Å². The van der Waals surface area contributed by atoms with Crippen LogP contribution in [0.3, 0.4) is 0 Å². The number of rotatable bonds is 3. The molecule has 2 atom stereocenters. The van der Waals surface area contributed by atoms with Gasteiger partial charge in [0.25, 0.3) is 5.91 Å². The van der Waals surface area contributed by atoms with E-state index < -0.39 is 0 Å². The third-order valence-electron chi connectivity index (χ3n) is 5.11. The fraction of sp³-hybridized carbons (Fsp3) is 0.400. The molecule has 0 unspecified atom stereocenters. The van der Waals surface area contributed by atoms with E-state index in [1.165, 1.54) is 21.6 Å². The van der Waals surface area contributed by atoms with Gasteiger partial charge in [-0.15, -0.1) is 22.7 Å². The van der Waals surface area contributed by atoms with E-state index in [4.69, 9.17) is 4.98 Å². The number of aromatic nitrogens is 1. The zero-order chi connectivity index (χ0) is 17.6. The third kappa shape index (κ3) is 3.11. The molecule has 0 N–H and O–H groups in total. The fourth-order valence-electron chi connectivity index (χ4n) is 3.40. The quantitative estimate of drug-likeness (QED) is 0.625. The average Bonchev–Trinajstić information content (AvgIpc) is 3.23. The molecule has 0 fully saturated rings. The highest BCUT2D eigenvalue weighted by Gasteiger charge is 2.26. The minimum absolute atomic E-state index is 0.0250. The van der Waals surface area contributed by atoms with Crippen molar-refractivity contribution < 1.29 is 4.79 Å². The molecular weight excluding hydrogens is 348 g/mol. The summed E-state index contributed by atoms with van der Waals surface area (Å²) in [5.74, 6) is 0.836. The first-order chi connectivity index (χ1) is 12.0. The van der Waals surface area contributed by atoms with Gasteiger partial charge in [0.15, 0.2) is 0 Å². The van der Waals surface area contributed by atoms with Crippen molar-refractivity contribution >= 4 is 38.8 Å². The first-order valence-corrected chi connectivity index (χ1v) is 10.4. The average molecular weight is 371 g/mol. The van der Waals surface area contributed by atoms with Crippen LogP contribution in [-0.2, 0) is 12.8 Å². The lowest BCUT2D eigenvalue weighted by molar-refractivity contribution is 0.0747. The molecule has 1 aromatic carbocycles. The molecule has 1 aliphatic carbocycles. The number of thiophene rings is 1. The lowest BCUT2D eigenvalue weighted by Crippen LogP contribution is -2.29. The molecule has 0 saturated heterocycles. The largest absolute Gasteiger partial charge is 0.332 e. The van der Waals surface area contributed by atoms with Crippen molar-refractivity contribution in [1.82, 2.24) is 9.88 Å². The topological polar surface area (TPSA) is 33.2 Å². The molecule has 5 heteroatoms. The molecule has 2 aromatic heterocycles. The number of hydrogen-bond donors (Lipinski definition) is 0. The van der Waals surface area contributed by atoms with Crippen LogP contribution in [0.4, 0.5) is 0 Å².